The second kappa shape index (κ2) is 10.5. The average molecular weight is 402 g/mol. The Hall–Kier alpha value is -2.03. The zero-order chi connectivity index (χ0) is 20.5. The Bertz CT molecular complexity index is 632. The van der Waals surface area contributed by atoms with Crippen molar-refractivity contribution in [1.29, 1.82) is 0 Å². The highest BCUT2D eigenvalue weighted by Gasteiger charge is 2.35. The highest BCUT2D eigenvalue weighted by atomic mass is 19.4. The third-order valence-electron chi connectivity index (χ3n) is 5.07. The molecule has 0 spiro atoms. The number of ether oxygens (including phenoxy) is 2. The van der Waals surface area contributed by atoms with Gasteiger partial charge in [-0.1, -0.05) is 12.8 Å². The van der Waals surface area contributed by atoms with Gasteiger partial charge in [0.2, 0.25) is 5.88 Å². The normalized spacial score (nSPS) is 16.8. The maximum absolute atomic E-state index is 12.9. The van der Waals surface area contributed by atoms with Gasteiger partial charge in [0, 0.05) is 33.5 Å². The van der Waals surface area contributed by atoms with Crippen LogP contribution in [0.15, 0.2) is 23.3 Å². The molecule has 158 valence electrons. The molecule has 1 saturated carbocycles. The molecule has 0 atom stereocenters. The van der Waals surface area contributed by atoms with Gasteiger partial charge in [-0.25, -0.2) is 4.98 Å². The summed E-state index contributed by atoms with van der Waals surface area (Å²) < 4.78 is 49.3. The number of alkyl halides is 3. The van der Waals surface area contributed by atoms with Gasteiger partial charge in [-0.15, -0.1) is 0 Å². The first-order valence-electron chi connectivity index (χ1n) is 9.49. The van der Waals surface area contributed by atoms with Crippen molar-refractivity contribution in [2.75, 3.05) is 40.5 Å². The maximum Gasteiger partial charge on any atom is 0.421 e. The molecule has 0 amide bonds. The van der Waals surface area contributed by atoms with E-state index in [1.165, 1.54) is 25.1 Å². The van der Waals surface area contributed by atoms with E-state index in [-0.39, 0.29) is 12.0 Å². The number of halogens is 3. The Morgan fingerprint density at radius 2 is 2.00 bits per heavy atom. The quantitative estimate of drug-likeness (QED) is 0.377. The molecule has 1 aliphatic carbocycles. The molecule has 2 rings (SSSR count). The fraction of sp³-hybridized carbons (Fsp3) is 0.684. The molecule has 2 N–H and O–H groups in total. The molecule has 0 radical (unpaired) electrons. The van der Waals surface area contributed by atoms with Crippen LogP contribution in [-0.2, 0) is 10.9 Å². The van der Waals surface area contributed by atoms with Crippen molar-refractivity contribution in [3.63, 3.8) is 0 Å². The lowest BCUT2D eigenvalue weighted by Crippen LogP contribution is -2.44. The van der Waals surface area contributed by atoms with Gasteiger partial charge in [0.15, 0.2) is 5.96 Å². The van der Waals surface area contributed by atoms with E-state index in [2.05, 4.69) is 20.6 Å². The van der Waals surface area contributed by atoms with Crippen molar-refractivity contribution < 1.29 is 22.6 Å². The van der Waals surface area contributed by atoms with Crippen molar-refractivity contribution in [3.05, 3.63) is 23.9 Å². The van der Waals surface area contributed by atoms with Crippen molar-refractivity contribution >= 4 is 5.96 Å². The molecule has 0 aromatic carbocycles. The number of methoxy groups -OCH3 is 1. The van der Waals surface area contributed by atoms with Crippen LogP contribution in [0.4, 0.5) is 13.2 Å². The van der Waals surface area contributed by atoms with E-state index in [0.29, 0.717) is 12.5 Å². The van der Waals surface area contributed by atoms with Gasteiger partial charge in [-0.3, -0.25) is 4.99 Å². The first kappa shape index (κ1) is 22.3. The summed E-state index contributed by atoms with van der Waals surface area (Å²) in [5, 5.41) is 6.40. The average Bonchev–Trinajstić information content (AvgIpc) is 3.14. The minimum Gasteiger partial charge on any atom is -0.475 e. The van der Waals surface area contributed by atoms with E-state index in [1.54, 1.807) is 14.2 Å². The molecule has 1 aromatic rings. The van der Waals surface area contributed by atoms with Crippen molar-refractivity contribution in [2.45, 2.75) is 38.3 Å². The number of hydrogen-bond acceptors (Lipinski definition) is 4. The molecule has 1 heterocycles. The Balaban J connectivity index is 1.79. The van der Waals surface area contributed by atoms with Crippen LogP contribution in [0.1, 0.15) is 37.7 Å². The Morgan fingerprint density at radius 1 is 1.25 bits per heavy atom. The van der Waals surface area contributed by atoms with E-state index < -0.39 is 17.6 Å². The van der Waals surface area contributed by atoms with E-state index in [1.807, 2.05) is 0 Å². The number of nitrogens with zero attached hydrogens (tertiary/aromatic N) is 2. The number of aliphatic imine (C=N–C) groups is 1. The molecule has 0 saturated heterocycles. The Kier molecular flexibility index (Phi) is 8.35. The molecular formula is C19H29F3N4O2. The molecule has 6 nitrogen and oxygen atoms in total. The lowest BCUT2D eigenvalue weighted by molar-refractivity contribution is -0.139. The fourth-order valence-corrected chi connectivity index (χ4v) is 3.49. The van der Waals surface area contributed by atoms with E-state index >= 15 is 0 Å². The predicted molar refractivity (Wildman–Crippen MR) is 101 cm³/mol. The molecule has 1 fully saturated rings. The minimum absolute atomic E-state index is 0.0373. The Labute approximate surface area is 163 Å². The highest BCUT2D eigenvalue weighted by Crippen LogP contribution is 2.40. The summed E-state index contributed by atoms with van der Waals surface area (Å²) >= 11 is 0. The molecule has 1 aromatic heterocycles. The monoisotopic (exact) mass is 402 g/mol. The predicted octanol–water partition coefficient (Wildman–Crippen LogP) is 3.24. The van der Waals surface area contributed by atoms with Gasteiger partial charge in [-0.05, 0) is 36.8 Å². The van der Waals surface area contributed by atoms with Gasteiger partial charge in [-0.2, -0.15) is 13.2 Å². The molecule has 0 aliphatic heterocycles. The SMILES string of the molecule is CN=C(NCCOc1ncccc1C(F)(F)F)NCC1(CCOC)CCCC1. The van der Waals surface area contributed by atoms with Gasteiger partial charge < -0.3 is 20.1 Å². The Morgan fingerprint density at radius 3 is 2.64 bits per heavy atom. The fourth-order valence-electron chi connectivity index (χ4n) is 3.49. The van der Waals surface area contributed by atoms with Gasteiger partial charge >= 0.3 is 6.18 Å². The second-order valence-electron chi connectivity index (χ2n) is 7.00. The smallest absolute Gasteiger partial charge is 0.421 e. The van der Waals surface area contributed by atoms with Gasteiger partial charge in [0.25, 0.3) is 0 Å². The lowest BCUT2D eigenvalue weighted by Gasteiger charge is -2.29. The van der Waals surface area contributed by atoms with E-state index in [4.69, 9.17) is 9.47 Å². The van der Waals surface area contributed by atoms with Crippen molar-refractivity contribution in [1.82, 2.24) is 15.6 Å². The number of guanidine groups is 1. The third-order valence-corrected chi connectivity index (χ3v) is 5.07. The largest absolute Gasteiger partial charge is 0.475 e. The lowest BCUT2D eigenvalue weighted by atomic mass is 9.83. The van der Waals surface area contributed by atoms with Crippen molar-refractivity contribution in [2.24, 2.45) is 10.4 Å². The number of rotatable bonds is 9. The summed E-state index contributed by atoms with van der Waals surface area (Å²) in [6.45, 7) is 1.86. The van der Waals surface area contributed by atoms with E-state index in [9.17, 15) is 13.2 Å². The van der Waals surface area contributed by atoms with Crippen LogP contribution >= 0.6 is 0 Å². The van der Waals surface area contributed by atoms with Gasteiger partial charge in [0.05, 0.1) is 6.54 Å². The molecule has 0 unspecified atom stereocenters. The maximum atomic E-state index is 12.9. The second-order valence-corrected chi connectivity index (χ2v) is 7.00. The standard InChI is InChI=1S/C19H29F3N4O2/c1-23-17(26-14-18(9-12-27-2)7-3-4-8-18)25-11-13-28-16-15(19(20,21)22)6-5-10-24-16/h5-6,10H,3-4,7-9,11-14H2,1-2H3,(H2,23,25,26). The minimum atomic E-state index is -4.49. The van der Waals surface area contributed by atoms with E-state index in [0.717, 1.165) is 38.5 Å². The molecule has 0 bridgehead atoms. The molecule has 28 heavy (non-hydrogen) atoms. The first-order valence-corrected chi connectivity index (χ1v) is 9.49. The molecular weight excluding hydrogens is 373 g/mol. The van der Waals surface area contributed by atoms with Crippen molar-refractivity contribution in [3.8, 4) is 5.88 Å². The highest BCUT2D eigenvalue weighted by molar-refractivity contribution is 5.79. The molecule has 9 heteroatoms. The zero-order valence-corrected chi connectivity index (χ0v) is 16.4. The number of hydrogen-bond donors (Lipinski definition) is 2. The zero-order valence-electron chi connectivity index (χ0n) is 16.4. The number of nitrogens with one attached hydrogen (secondary N) is 2. The van der Waals surface area contributed by atoms with Crippen LogP contribution in [0.5, 0.6) is 5.88 Å². The summed E-state index contributed by atoms with van der Waals surface area (Å²) in [4.78, 5) is 7.85. The van der Waals surface area contributed by atoms with Crippen LogP contribution in [0.2, 0.25) is 0 Å². The van der Waals surface area contributed by atoms with Gasteiger partial charge in [0.1, 0.15) is 12.2 Å². The number of aromatic nitrogens is 1. The van der Waals surface area contributed by atoms with Crippen LogP contribution in [-0.4, -0.2) is 51.4 Å². The van der Waals surface area contributed by atoms with Crippen LogP contribution in [0, 0.1) is 5.41 Å². The molecule has 1 aliphatic rings. The van der Waals surface area contributed by atoms with Crippen LogP contribution in [0.3, 0.4) is 0 Å². The first-order chi connectivity index (χ1) is 13.4. The summed E-state index contributed by atoms with van der Waals surface area (Å²) in [5.41, 5.74) is -0.668. The summed E-state index contributed by atoms with van der Waals surface area (Å²) in [5.74, 6) is 0.188. The summed E-state index contributed by atoms with van der Waals surface area (Å²) in [6, 6.07) is 2.19. The third kappa shape index (κ3) is 6.54. The topological polar surface area (TPSA) is 67.8 Å². The van der Waals surface area contributed by atoms with Crippen LogP contribution in [0.25, 0.3) is 0 Å². The summed E-state index contributed by atoms with van der Waals surface area (Å²) in [7, 11) is 3.37. The number of pyridine rings is 1. The summed E-state index contributed by atoms with van der Waals surface area (Å²) in [6.07, 6.45) is 2.53. The van der Waals surface area contributed by atoms with Crippen LogP contribution < -0.4 is 15.4 Å².